The van der Waals surface area contributed by atoms with E-state index >= 15 is 0 Å². The first-order valence-corrected chi connectivity index (χ1v) is 10.9. The maximum atomic E-state index is 12.7. The summed E-state index contributed by atoms with van der Waals surface area (Å²) in [5, 5.41) is 0. The molecule has 0 saturated heterocycles. The van der Waals surface area contributed by atoms with Crippen molar-refractivity contribution in [2.24, 2.45) is 16.8 Å². The largest absolute Gasteiger partial charge is 0.458 e. The third kappa shape index (κ3) is 9.03. The van der Waals surface area contributed by atoms with Crippen LogP contribution < -0.4 is 0 Å². The van der Waals surface area contributed by atoms with Crippen LogP contribution >= 0.6 is 0 Å². The number of hydrogen-bond acceptors (Lipinski definition) is 3. The number of aliphatic imine (C=N–C) groups is 1. The molecule has 1 aromatic rings. The second-order valence-corrected chi connectivity index (χ2v) is 9.45. The number of nitrogens with zero attached hydrogens (tertiary/aromatic N) is 1. The maximum Gasteiger partial charge on any atom is 0.331 e. The Labute approximate surface area is 173 Å². The standard InChI is InChI=1S/C25H41NO2/c1-9-14-25(7,8)28-24(27)23(15-18(2)3)26-17-20(6)16-21-10-12-22(13-11-21)19(4)5/h10-13,17-20,23H,9,14-16H2,1-8H3. The van der Waals surface area contributed by atoms with Crippen molar-refractivity contribution in [2.75, 3.05) is 0 Å². The van der Waals surface area contributed by atoms with Crippen molar-refractivity contribution in [3.63, 3.8) is 0 Å². The number of benzene rings is 1. The van der Waals surface area contributed by atoms with Crippen LogP contribution in [-0.4, -0.2) is 23.8 Å². The van der Waals surface area contributed by atoms with Crippen LogP contribution in [0.5, 0.6) is 0 Å². The fourth-order valence-electron chi connectivity index (χ4n) is 3.37. The molecular formula is C25H41NO2. The van der Waals surface area contributed by atoms with Gasteiger partial charge in [0.05, 0.1) is 0 Å². The van der Waals surface area contributed by atoms with E-state index < -0.39 is 11.6 Å². The van der Waals surface area contributed by atoms with E-state index in [4.69, 9.17) is 4.74 Å². The summed E-state index contributed by atoms with van der Waals surface area (Å²) in [6.45, 7) is 16.9. The first-order valence-electron chi connectivity index (χ1n) is 10.9. The van der Waals surface area contributed by atoms with Crippen LogP contribution in [0.3, 0.4) is 0 Å². The first-order chi connectivity index (χ1) is 13.0. The van der Waals surface area contributed by atoms with Gasteiger partial charge in [0.2, 0.25) is 0 Å². The molecule has 0 aliphatic rings. The Morgan fingerprint density at radius 3 is 2.21 bits per heavy atom. The van der Waals surface area contributed by atoms with Crippen LogP contribution in [-0.2, 0) is 16.0 Å². The smallest absolute Gasteiger partial charge is 0.331 e. The molecule has 0 aliphatic heterocycles. The Kier molecular flexibility index (Phi) is 9.92. The number of ether oxygens (including phenoxy) is 1. The van der Waals surface area contributed by atoms with Crippen molar-refractivity contribution in [1.82, 2.24) is 0 Å². The van der Waals surface area contributed by atoms with Crippen molar-refractivity contribution in [3.05, 3.63) is 35.4 Å². The summed E-state index contributed by atoms with van der Waals surface area (Å²) in [7, 11) is 0. The van der Waals surface area contributed by atoms with E-state index in [0.29, 0.717) is 18.3 Å². The quantitative estimate of drug-likeness (QED) is 0.317. The molecule has 3 heteroatoms. The van der Waals surface area contributed by atoms with Gasteiger partial charge in [-0.15, -0.1) is 0 Å². The SMILES string of the molecule is CCCC(C)(C)OC(=O)C(CC(C)C)N=CC(C)Cc1ccc(C(C)C)cc1. The van der Waals surface area contributed by atoms with Gasteiger partial charge >= 0.3 is 5.97 Å². The molecule has 0 heterocycles. The Morgan fingerprint density at radius 1 is 1.11 bits per heavy atom. The highest BCUT2D eigenvalue weighted by Gasteiger charge is 2.27. The lowest BCUT2D eigenvalue weighted by Gasteiger charge is -2.27. The van der Waals surface area contributed by atoms with E-state index in [9.17, 15) is 4.79 Å². The molecule has 0 saturated carbocycles. The van der Waals surface area contributed by atoms with Gasteiger partial charge in [-0.3, -0.25) is 4.99 Å². The van der Waals surface area contributed by atoms with Gasteiger partial charge in [-0.25, -0.2) is 4.79 Å². The summed E-state index contributed by atoms with van der Waals surface area (Å²) in [5.41, 5.74) is 2.23. The minimum atomic E-state index is -0.430. The molecule has 2 unspecified atom stereocenters. The highest BCUT2D eigenvalue weighted by Crippen LogP contribution is 2.21. The van der Waals surface area contributed by atoms with Gasteiger partial charge in [-0.2, -0.15) is 0 Å². The van der Waals surface area contributed by atoms with E-state index in [1.54, 1.807) is 0 Å². The molecule has 1 aromatic carbocycles. The predicted molar refractivity (Wildman–Crippen MR) is 120 cm³/mol. The molecule has 158 valence electrons. The lowest BCUT2D eigenvalue weighted by atomic mass is 9.97. The lowest BCUT2D eigenvalue weighted by Crippen LogP contribution is -2.34. The number of carbonyl (C=O) groups is 1. The Balaban J connectivity index is 2.75. The molecule has 0 radical (unpaired) electrons. The number of hydrogen-bond donors (Lipinski definition) is 0. The van der Waals surface area contributed by atoms with Gasteiger partial charge < -0.3 is 4.74 Å². The molecule has 0 N–H and O–H groups in total. The van der Waals surface area contributed by atoms with Gasteiger partial charge in [-0.1, -0.05) is 72.2 Å². The highest BCUT2D eigenvalue weighted by atomic mass is 16.6. The van der Waals surface area contributed by atoms with Crippen LogP contribution in [0.4, 0.5) is 0 Å². The molecule has 1 rings (SSSR count). The monoisotopic (exact) mass is 387 g/mol. The fourth-order valence-corrected chi connectivity index (χ4v) is 3.37. The van der Waals surface area contributed by atoms with E-state index in [-0.39, 0.29) is 11.9 Å². The molecule has 0 amide bonds. The molecule has 0 bridgehead atoms. The Morgan fingerprint density at radius 2 is 1.71 bits per heavy atom. The lowest BCUT2D eigenvalue weighted by molar-refractivity contribution is -0.159. The topological polar surface area (TPSA) is 38.7 Å². The minimum Gasteiger partial charge on any atom is -0.458 e. The number of rotatable bonds is 11. The van der Waals surface area contributed by atoms with Crippen LogP contribution in [0, 0.1) is 11.8 Å². The maximum absolute atomic E-state index is 12.7. The minimum absolute atomic E-state index is 0.197. The number of carbonyl (C=O) groups excluding carboxylic acids is 1. The molecule has 2 atom stereocenters. The molecular weight excluding hydrogens is 346 g/mol. The second-order valence-electron chi connectivity index (χ2n) is 9.45. The van der Waals surface area contributed by atoms with E-state index in [0.717, 1.165) is 19.3 Å². The van der Waals surface area contributed by atoms with Gasteiger partial charge in [0, 0.05) is 6.21 Å². The molecule has 3 nitrogen and oxygen atoms in total. The van der Waals surface area contributed by atoms with Crippen molar-refractivity contribution < 1.29 is 9.53 Å². The van der Waals surface area contributed by atoms with Gasteiger partial charge in [0.1, 0.15) is 11.6 Å². The fraction of sp³-hybridized carbons (Fsp3) is 0.680. The summed E-state index contributed by atoms with van der Waals surface area (Å²) < 4.78 is 5.77. The molecule has 0 aromatic heterocycles. The zero-order chi connectivity index (χ0) is 21.3. The summed E-state index contributed by atoms with van der Waals surface area (Å²) >= 11 is 0. The summed E-state index contributed by atoms with van der Waals surface area (Å²) in [6.07, 6.45) is 5.43. The average Bonchev–Trinajstić information content (AvgIpc) is 2.58. The van der Waals surface area contributed by atoms with Crippen molar-refractivity contribution in [2.45, 2.75) is 98.6 Å². The van der Waals surface area contributed by atoms with Crippen LogP contribution in [0.25, 0.3) is 0 Å². The number of esters is 1. The van der Waals surface area contributed by atoms with E-state index in [2.05, 4.69) is 70.8 Å². The zero-order valence-electron chi connectivity index (χ0n) is 19.3. The summed E-state index contributed by atoms with van der Waals surface area (Å²) in [6, 6.07) is 8.40. The third-order valence-electron chi connectivity index (χ3n) is 4.92. The van der Waals surface area contributed by atoms with Gasteiger partial charge in [-0.05, 0) is 62.0 Å². The van der Waals surface area contributed by atoms with Gasteiger partial charge in [0.15, 0.2) is 0 Å². The third-order valence-corrected chi connectivity index (χ3v) is 4.92. The molecule has 0 fully saturated rings. The average molecular weight is 388 g/mol. The molecule has 28 heavy (non-hydrogen) atoms. The van der Waals surface area contributed by atoms with E-state index in [1.165, 1.54) is 11.1 Å². The molecule has 0 spiro atoms. The second kappa shape index (κ2) is 11.4. The highest BCUT2D eigenvalue weighted by molar-refractivity contribution is 5.78. The van der Waals surface area contributed by atoms with Crippen LogP contribution in [0.15, 0.2) is 29.3 Å². The predicted octanol–water partition coefficient (Wildman–Crippen LogP) is 6.60. The van der Waals surface area contributed by atoms with E-state index in [1.807, 2.05) is 20.1 Å². The summed E-state index contributed by atoms with van der Waals surface area (Å²) in [5.74, 6) is 1.02. The summed E-state index contributed by atoms with van der Waals surface area (Å²) in [4.78, 5) is 17.4. The van der Waals surface area contributed by atoms with Crippen molar-refractivity contribution in [1.29, 1.82) is 0 Å². The van der Waals surface area contributed by atoms with Crippen molar-refractivity contribution >= 4 is 12.2 Å². The van der Waals surface area contributed by atoms with Crippen LogP contribution in [0.1, 0.15) is 91.7 Å². The zero-order valence-corrected chi connectivity index (χ0v) is 19.3. The van der Waals surface area contributed by atoms with Gasteiger partial charge in [0.25, 0.3) is 0 Å². The Hall–Kier alpha value is -1.64. The Bertz CT molecular complexity index is 614. The van der Waals surface area contributed by atoms with Crippen LogP contribution in [0.2, 0.25) is 0 Å². The normalized spacial score (nSPS) is 14.6. The first kappa shape index (κ1) is 24.4. The van der Waals surface area contributed by atoms with Crippen molar-refractivity contribution in [3.8, 4) is 0 Å². The molecule has 0 aliphatic carbocycles.